The predicted molar refractivity (Wildman–Crippen MR) is 91.5 cm³/mol. The number of thiocarbonyl (C=S) groups is 1. The van der Waals surface area contributed by atoms with E-state index in [0.717, 1.165) is 6.42 Å². The lowest BCUT2D eigenvalue weighted by molar-refractivity contribution is 0.0943. The van der Waals surface area contributed by atoms with E-state index in [1.54, 1.807) is 12.1 Å². The number of hydrogen-bond donors (Lipinski definition) is 3. The van der Waals surface area contributed by atoms with Gasteiger partial charge in [-0.2, -0.15) is 0 Å². The summed E-state index contributed by atoms with van der Waals surface area (Å²) in [6.45, 7) is 4.51. The minimum Gasteiger partial charge on any atom is -0.358 e. The first kappa shape index (κ1) is 17.0. The van der Waals surface area contributed by atoms with Crippen molar-refractivity contribution in [3.63, 3.8) is 0 Å². The topological polar surface area (TPSA) is 66.0 Å². The number of rotatable bonds is 2. The van der Waals surface area contributed by atoms with Crippen LogP contribution in [0.5, 0.6) is 0 Å². The predicted octanol–water partition coefficient (Wildman–Crippen LogP) is 2.67. The molecule has 3 N–H and O–H groups in total. The molecule has 22 heavy (non-hydrogen) atoms. The molecule has 0 saturated heterocycles. The lowest BCUT2D eigenvalue weighted by Gasteiger charge is -2.35. The van der Waals surface area contributed by atoms with Gasteiger partial charge < -0.3 is 5.32 Å². The minimum absolute atomic E-state index is 0.307. The molecule has 3 atom stereocenters. The van der Waals surface area contributed by atoms with Gasteiger partial charge >= 0.3 is 0 Å². The van der Waals surface area contributed by atoms with Crippen molar-refractivity contribution < 1.29 is 4.79 Å². The number of hydrazine groups is 1. The molecule has 0 unspecified atom stereocenters. The van der Waals surface area contributed by atoms with Crippen LogP contribution in [0.4, 0.5) is 0 Å². The Morgan fingerprint density at radius 3 is 2.77 bits per heavy atom. The van der Waals surface area contributed by atoms with Crippen LogP contribution < -0.4 is 16.2 Å². The van der Waals surface area contributed by atoms with Crippen molar-refractivity contribution in [2.75, 3.05) is 0 Å². The van der Waals surface area contributed by atoms with Gasteiger partial charge in [-0.05, 0) is 42.6 Å². The molecule has 1 saturated carbocycles. The molecule has 120 valence electrons. The SMILES string of the molecule is C[C@@H]1[C@H](C)CCC[C@H]1NC(=S)NNC(=O)c1ccc(Cl)nc1. The molecule has 1 aliphatic carbocycles. The molecule has 7 heteroatoms. The van der Waals surface area contributed by atoms with Crippen molar-refractivity contribution in [2.45, 2.75) is 39.2 Å². The third kappa shape index (κ3) is 4.55. The third-order valence-electron chi connectivity index (χ3n) is 4.30. The number of nitrogens with one attached hydrogen (secondary N) is 3. The summed E-state index contributed by atoms with van der Waals surface area (Å²) < 4.78 is 0. The molecule has 1 fully saturated rings. The van der Waals surface area contributed by atoms with Crippen molar-refractivity contribution in [2.24, 2.45) is 11.8 Å². The molecule has 1 amide bonds. The van der Waals surface area contributed by atoms with E-state index in [9.17, 15) is 4.79 Å². The summed E-state index contributed by atoms with van der Waals surface area (Å²) in [6, 6.07) is 3.52. The summed E-state index contributed by atoms with van der Waals surface area (Å²) in [4.78, 5) is 15.8. The average Bonchev–Trinajstić information content (AvgIpc) is 2.50. The normalized spacial score (nSPS) is 24.4. The summed E-state index contributed by atoms with van der Waals surface area (Å²) in [5.41, 5.74) is 5.71. The van der Waals surface area contributed by atoms with Gasteiger partial charge in [0.1, 0.15) is 5.15 Å². The molecule has 0 spiro atoms. The van der Waals surface area contributed by atoms with E-state index >= 15 is 0 Å². The Morgan fingerprint density at radius 2 is 2.09 bits per heavy atom. The van der Waals surface area contributed by atoms with Gasteiger partial charge in [-0.15, -0.1) is 0 Å². The molecule has 5 nitrogen and oxygen atoms in total. The van der Waals surface area contributed by atoms with E-state index in [4.69, 9.17) is 23.8 Å². The first-order chi connectivity index (χ1) is 10.5. The molecule has 1 aromatic rings. The first-order valence-electron chi connectivity index (χ1n) is 7.45. The van der Waals surface area contributed by atoms with Crippen LogP contribution in [0, 0.1) is 11.8 Å². The van der Waals surface area contributed by atoms with Gasteiger partial charge in [0.15, 0.2) is 5.11 Å². The van der Waals surface area contributed by atoms with Gasteiger partial charge in [0, 0.05) is 12.2 Å². The lowest BCUT2D eigenvalue weighted by Crippen LogP contribution is -2.52. The summed E-state index contributed by atoms with van der Waals surface area (Å²) in [6.07, 6.45) is 4.98. The Labute approximate surface area is 141 Å². The summed E-state index contributed by atoms with van der Waals surface area (Å²) in [5, 5.41) is 4.06. The highest BCUT2D eigenvalue weighted by Crippen LogP contribution is 2.29. The number of nitrogens with zero attached hydrogens (tertiary/aromatic N) is 1. The molecule has 1 aromatic heterocycles. The average molecular weight is 341 g/mol. The fraction of sp³-hybridized carbons (Fsp3) is 0.533. The number of hydrogen-bond acceptors (Lipinski definition) is 3. The Morgan fingerprint density at radius 1 is 1.32 bits per heavy atom. The van der Waals surface area contributed by atoms with Crippen molar-refractivity contribution in [3.05, 3.63) is 29.0 Å². The second-order valence-corrected chi connectivity index (χ2v) is 6.59. The number of pyridine rings is 1. The van der Waals surface area contributed by atoms with Gasteiger partial charge in [-0.1, -0.05) is 38.3 Å². The van der Waals surface area contributed by atoms with Crippen LogP contribution in [0.3, 0.4) is 0 Å². The Kier molecular flexibility index (Phi) is 5.97. The summed E-state index contributed by atoms with van der Waals surface area (Å²) in [7, 11) is 0. The molecule has 2 rings (SSSR count). The zero-order valence-corrected chi connectivity index (χ0v) is 14.3. The molecule has 0 bridgehead atoms. The standard InChI is InChI=1S/C15H21ClN4OS/c1-9-4-3-5-12(10(9)2)18-15(22)20-19-14(21)11-6-7-13(16)17-8-11/h6-10,12H,3-5H2,1-2H3,(H,19,21)(H2,18,20,22)/t9-,10-,12-/m1/s1. The highest BCUT2D eigenvalue weighted by atomic mass is 35.5. The van der Waals surface area contributed by atoms with Crippen LogP contribution in [-0.2, 0) is 0 Å². The summed E-state index contributed by atoms with van der Waals surface area (Å²) >= 11 is 10.9. The summed E-state index contributed by atoms with van der Waals surface area (Å²) in [5.74, 6) is 0.937. The fourth-order valence-corrected chi connectivity index (χ4v) is 3.00. The zero-order chi connectivity index (χ0) is 16.1. The lowest BCUT2D eigenvalue weighted by atomic mass is 9.78. The minimum atomic E-state index is -0.307. The van der Waals surface area contributed by atoms with Crippen LogP contribution in [0.25, 0.3) is 0 Å². The number of carbonyl (C=O) groups excluding carboxylic acids is 1. The number of aromatic nitrogens is 1. The quantitative estimate of drug-likeness (QED) is 0.439. The van der Waals surface area contributed by atoms with Gasteiger partial charge in [-0.25, -0.2) is 4.98 Å². The van der Waals surface area contributed by atoms with Gasteiger partial charge in [0.05, 0.1) is 5.56 Å². The molecular formula is C15H21ClN4OS. The maximum absolute atomic E-state index is 11.9. The largest absolute Gasteiger partial charge is 0.358 e. The van der Waals surface area contributed by atoms with Crippen molar-refractivity contribution in [1.82, 2.24) is 21.2 Å². The monoisotopic (exact) mass is 340 g/mol. The van der Waals surface area contributed by atoms with Crippen LogP contribution in [0.2, 0.25) is 5.15 Å². The second-order valence-electron chi connectivity index (χ2n) is 5.80. The number of amides is 1. The molecule has 1 heterocycles. The van der Waals surface area contributed by atoms with Crippen LogP contribution in [0.1, 0.15) is 43.5 Å². The maximum atomic E-state index is 11.9. The van der Waals surface area contributed by atoms with Crippen molar-refractivity contribution >= 4 is 34.8 Å². The van der Waals surface area contributed by atoms with Crippen LogP contribution >= 0.6 is 23.8 Å². The molecule has 1 aliphatic rings. The van der Waals surface area contributed by atoms with E-state index in [1.165, 1.54) is 19.0 Å². The van der Waals surface area contributed by atoms with E-state index < -0.39 is 0 Å². The molecule has 0 aliphatic heterocycles. The van der Waals surface area contributed by atoms with Crippen molar-refractivity contribution in [3.8, 4) is 0 Å². The van der Waals surface area contributed by atoms with E-state index in [0.29, 0.717) is 33.7 Å². The second kappa shape index (κ2) is 7.74. The highest BCUT2D eigenvalue weighted by Gasteiger charge is 2.27. The Hall–Kier alpha value is -1.40. The number of halogens is 1. The van der Waals surface area contributed by atoms with Gasteiger partial charge in [0.25, 0.3) is 5.91 Å². The number of carbonyl (C=O) groups is 1. The van der Waals surface area contributed by atoms with Gasteiger partial charge in [0.2, 0.25) is 0 Å². The zero-order valence-electron chi connectivity index (χ0n) is 12.7. The fourth-order valence-electron chi connectivity index (χ4n) is 2.69. The van der Waals surface area contributed by atoms with Crippen molar-refractivity contribution in [1.29, 1.82) is 0 Å². The molecular weight excluding hydrogens is 320 g/mol. The van der Waals surface area contributed by atoms with Gasteiger partial charge in [-0.3, -0.25) is 15.6 Å². The van der Waals surface area contributed by atoms with E-state index in [-0.39, 0.29) is 5.91 Å². The third-order valence-corrected chi connectivity index (χ3v) is 4.75. The maximum Gasteiger partial charge on any atom is 0.271 e. The van der Waals surface area contributed by atoms with E-state index in [1.807, 2.05) is 0 Å². The Balaban J connectivity index is 1.80. The van der Waals surface area contributed by atoms with E-state index in [2.05, 4.69) is 35.0 Å². The molecule has 0 radical (unpaired) electrons. The van der Waals surface area contributed by atoms with Crippen LogP contribution in [0.15, 0.2) is 18.3 Å². The highest BCUT2D eigenvalue weighted by molar-refractivity contribution is 7.80. The first-order valence-corrected chi connectivity index (χ1v) is 8.24. The smallest absolute Gasteiger partial charge is 0.271 e. The Bertz CT molecular complexity index is 537. The van der Waals surface area contributed by atoms with Crippen LogP contribution in [-0.4, -0.2) is 22.0 Å². The molecule has 0 aromatic carbocycles.